The monoisotopic (exact) mass is 300 g/mol. The van der Waals surface area contributed by atoms with Gasteiger partial charge >= 0.3 is 0 Å². The highest BCUT2D eigenvalue weighted by Gasteiger charge is 2.15. The third kappa shape index (κ3) is 4.16. The minimum Gasteiger partial charge on any atom is -0.390 e. The van der Waals surface area contributed by atoms with Crippen LogP contribution in [-0.4, -0.2) is 52.1 Å². The molecule has 0 spiro atoms. The van der Waals surface area contributed by atoms with Gasteiger partial charge in [-0.3, -0.25) is 0 Å². The Hall–Kier alpha value is -1.69. The molecule has 0 radical (unpaired) electrons. The summed E-state index contributed by atoms with van der Waals surface area (Å²) in [6.45, 7) is 4.37. The van der Waals surface area contributed by atoms with Crippen molar-refractivity contribution in [2.45, 2.75) is 25.5 Å². The molecule has 3 rings (SSSR count). The summed E-state index contributed by atoms with van der Waals surface area (Å²) >= 11 is 0. The van der Waals surface area contributed by atoms with E-state index in [0.717, 1.165) is 37.4 Å². The number of aromatic nitrogens is 2. The molecule has 1 saturated heterocycles. The Morgan fingerprint density at radius 2 is 1.95 bits per heavy atom. The highest BCUT2D eigenvalue weighted by Crippen LogP contribution is 2.08. The molecule has 2 N–H and O–H groups in total. The highest BCUT2D eigenvalue weighted by atomic mass is 16.3. The van der Waals surface area contributed by atoms with Gasteiger partial charge in [0.05, 0.1) is 18.0 Å². The van der Waals surface area contributed by atoms with E-state index in [9.17, 15) is 5.11 Å². The van der Waals surface area contributed by atoms with Crippen molar-refractivity contribution in [3.63, 3.8) is 0 Å². The second-order valence-electron chi connectivity index (χ2n) is 5.92. The van der Waals surface area contributed by atoms with Gasteiger partial charge in [-0.2, -0.15) is 5.10 Å². The third-order valence-electron chi connectivity index (χ3n) is 4.03. The largest absolute Gasteiger partial charge is 0.390 e. The van der Waals surface area contributed by atoms with Crippen LogP contribution in [0.1, 0.15) is 18.4 Å². The summed E-state index contributed by atoms with van der Waals surface area (Å²) in [7, 11) is 0. The van der Waals surface area contributed by atoms with Crippen molar-refractivity contribution in [1.29, 1.82) is 0 Å². The average Bonchev–Trinajstić information content (AvgIpc) is 3.20. The lowest BCUT2D eigenvalue weighted by Crippen LogP contribution is -2.36. The summed E-state index contributed by atoms with van der Waals surface area (Å²) < 4.78 is 1.87. The number of hydrogen-bond acceptors (Lipinski definition) is 4. The van der Waals surface area contributed by atoms with Crippen LogP contribution in [0.2, 0.25) is 0 Å². The number of para-hydroxylation sites is 1. The molecule has 1 unspecified atom stereocenters. The van der Waals surface area contributed by atoms with Crippen molar-refractivity contribution < 1.29 is 5.11 Å². The third-order valence-corrected chi connectivity index (χ3v) is 4.03. The molecule has 0 aliphatic carbocycles. The molecule has 118 valence electrons. The molecule has 5 heteroatoms. The Morgan fingerprint density at radius 3 is 2.73 bits per heavy atom. The number of rotatable bonds is 7. The minimum absolute atomic E-state index is 0.303. The van der Waals surface area contributed by atoms with Crippen molar-refractivity contribution in [3.05, 3.63) is 48.3 Å². The minimum atomic E-state index is -0.303. The van der Waals surface area contributed by atoms with Crippen LogP contribution in [0.25, 0.3) is 5.69 Å². The van der Waals surface area contributed by atoms with Crippen molar-refractivity contribution in [2.24, 2.45) is 0 Å². The molecule has 1 atom stereocenters. The fourth-order valence-electron chi connectivity index (χ4n) is 2.88. The fourth-order valence-corrected chi connectivity index (χ4v) is 2.88. The quantitative estimate of drug-likeness (QED) is 0.812. The predicted molar refractivity (Wildman–Crippen MR) is 87.0 cm³/mol. The lowest BCUT2D eigenvalue weighted by Gasteiger charge is -2.19. The maximum Gasteiger partial charge on any atom is 0.0791 e. The van der Waals surface area contributed by atoms with Crippen LogP contribution < -0.4 is 5.32 Å². The molecule has 0 amide bonds. The SMILES string of the molecule is OC(CNCc1cnn(-c2ccccc2)c1)CN1CCCC1. The number of aliphatic hydroxyl groups is 1. The van der Waals surface area contributed by atoms with E-state index in [1.807, 2.05) is 47.4 Å². The molecule has 5 nitrogen and oxygen atoms in total. The summed E-state index contributed by atoms with van der Waals surface area (Å²) in [5.74, 6) is 0. The van der Waals surface area contributed by atoms with E-state index in [1.54, 1.807) is 0 Å². The molecule has 1 fully saturated rings. The van der Waals surface area contributed by atoms with Gasteiger partial charge in [0.25, 0.3) is 0 Å². The Kier molecular flexibility index (Phi) is 5.21. The van der Waals surface area contributed by atoms with Crippen molar-refractivity contribution in [3.8, 4) is 5.69 Å². The number of likely N-dealkylation sites (tertiary alicyclic amines) is 1. The summed E-state index contributed by atoms with van der Waals surface area (Å²) in [4.78, 5) is 2.33. The average molecular weight is 300 g/mol. The van der Waals surface area contributed by atoms with E-state index in [4.69, 9.17) is 0 Å². The first-order chi connectivity index (χ1) is 10.8. The molecular formula is C17H24N4O. The van der Waals surface area contributed by atoms with E-state index < -0.39 is 0 Å². The number of nitrogens with zero attached hydrogens (tertiary/aromatic N) is 3. The van der Waals surface area contributed by atoms with E-state index in [1.165, 1.54) is 12.8 Å². The summed E-state index contributed by atoms with van der Waals surface area (Å²) in [6.07, 6.45) is 6.11. The van der Waals surface area contributed by atoms with Gasteiger partial charge < -0.3 is 15.3 Å². The number of β-amino-alcohol motifs (C(OH)–C–C–N with tert-alkyl or cyclic N) is 1. The molecule has 0 bridgehead atoms. The van der Waals surface area contributed by atoms with Gasteiger partial charge in [0.15, 0.2) is 0 Å². The molecule has 1 aromatic heterocycles. The van der Waals surface area contributed by atoms with Crippen LogP contribution in [0.4, 0.5) is 0 Å². The Labute approximate surface area is 131 Å². The van der Waals surface area contributed by atoms with Crippen LogP contribution >= 0.6 is 0 Å². The van der Waals surface area contributed by atoms with Crippen LogP contribution in [-0.2, 0) is 6.54 Å². The van der Waals surface area contributed by atoms with Gasteiger partial charge in [-0.15, -0.1) is 0 Å². The van der Waals surface area contributed by atoms with Crippen molar-refractivity contribution in [2.75, 3.05) is 26.2 Å². The fraction of sp³-hybridized carbons (Fsp3) is 0.471. The summed E-state index contributed by atoms with van der Waals surface area (Å²) in [5, 5.41) is 17.7. The van der Waals surface area contributed by atoms with Gasteiger partial charge in [-0.25, -0.2) is 4.68 Å². The molecular weight excluding hydrogens is 276 g/mol. The molecule has 2 heterocycles. The maximum atomic E-state index is 10.0. The first-order valence-corrected chi connectivity index (χ1v) is 8.01. The van der Waals surface area contributed by atoms with Crippen LogP contribution in [0.3, 0.4) is 0 Å². The number of benzene rings is 1. The van der Waals surface area contributed by atoms with E-state index in [0.29, 0.717) is 6.54 Å². The number of nitrogens with one attached hydrogen (secondary N) is 1. The van der Waals surface area contributed by atoms with E-state index in [-0.39, 0.29) is 6.10 Å². The Bertz CT molecular complexity index is 563. The summed E-state index contributed by atoms with van der Waals surface area (Å²) in [6, 6.07) is 10.1. The first-order valence-electron chi connectivity index (χ1n) is 8.01. The standard InChI is InChI=1S/C17H24N4O/c22-17(14-20-8-4-5-9-20)12-18-10-15-11-19-21(13-15)16-6-2-1-3-7-16/h1-3,6-7,11,13,17-18,22H,4-5,8-10,12,14H2. The lowest BCUT2D eigenvalue weighted by molar-refractivity contribution is 0.123. The zero-order chi connectivity index (χ0) is 15.2. The summed E-state index contributed by atoms with van der Waals surface area (Å²) in [5.41, 5.74) is 2.18. The van der Waals surface area contributed by atoms with E-state index in [2.05, 4.69) is 15.3 Å². The maximum absolute atomic E-state index is 10.0. The zero-order valence-electron chi connectivity index (χ0n) is 12.9. The van der Waals surface area contributed by atoms with Gasteiger partial charge in [-0.05, 0) is 38.1 Å². The number of aliphatic hydroxyl groups excluding tert-OH is 1. The second-order valence-corrected chi connectivity index (χ2v) is 5.92. The zero-order valence-corrected chi connectivity index (χ0v) is 12.9. The molecule has 22 heavy (non-hydrogen) atoms. The topological polar surface area (TPSA) is 53.3 Å². The Morgan fingerprint density at radius 1 is 1.18 bits per heavy atom. The molecule has 1 aliphatic rings. The molecule has 1 aromatic carbocycles. The lowest BCUT2D eigenvalue weighted by atomic mass is 10.3. The van der Waals surface area contributed by atoms with Gasteiger partial charge in [-0.1, -0.05) is 18.2 Å². The van der Waals surface area contributed by atoms with Crippen molar-refractivity contribution >= 4 is 0 Å². The van der Waals surface area contributed by atoms with Crippen molar-refractivity contribution in [1.82, 2.24) is 20.0 Å². The van der Waals surface area contributed by atoms with Crippen LogP contribution in [0.15, 0.2) is 42.7 Å². The van der Waals surface area contributed by atoms with Crippen LogP contribution in [0.5, 0.6) is 0 Å². The van der Waals surface area contributed by atoms with Gasteiger partial charge in [0.1, 0.15) is 0 Å². The Balaban J connectivity index is 1.43. The first kappa shape index (κ1) is 15.2. The smallest absolute Gasteiger partial charge is 0.0791 e. The second kappa shape index (κ2) is 7.54. The van der Waals surface area contributed by atoms with Gasteiger partial charge in [0, 0.05) is 31.4 Å². The van der Waals surface area contributed by atoms with Crippen LogP contribution in [0, 0.1) is 0 Å². The normalized spacial score (nSPS) is 17.0. The van der Waals surface area contributed by atoms with Gasteiger partial charge in [0.2, 0.25) is 0 Å². The molecule has 0 saturated carbocycles. The van der Waals surface area contributed by atoms with E-state index >= 15 is 0 Å². The predicted octanol–water partition coefficient (Wildman–Crippen LogP) is 1.42. The molecule has 1 aliphatic heterocycles. The number of hydrogen-bond donors (Lipinski definition) is 2. The molecule has 2 aromatic rings. The highest BCUT2D eigenvalue weighted by molar-refractivity contribution is 5.30.